The number of nitrogens with zero attached hydrogens (tertiary/aromatic N) is 4. The second-order valence-electron chi connectivity index (χ2n) is 7.67. The van der Waals surface area contributed by atoms with E-state index in [9.17, 15) is 19.3 Å². The summed E-state index contributed by atoms with van der Waals surface area (Å²) in [6, 6.07) is 3.93. The van der Waals surface area contributed by atoms with Crippen molar-refractivity contribution in [1.29, 1.82) is 0 Å². The number of nitro groups is 1. The Morgan fingerprint density at radius 2 is 2.13 bits per heavy atom. The Morgan fingerprint density at radius 1 is 1.33 bits per heavy atom. The number of piperidine rings is 1. The molecular weight excluding hydrogens is 393 g/mol. The van der Waals surface area contributed by atoms with Gasteiger partial charge in [0.05, 0.1) is 41.2 Å². The van der Waals surface area contributed by atoms with Crippen LogP contribution in [0.2, 0.25) is 0 Å². The van der Waals surface area contributed by atoms with Crippen LogP contribution in [0.25, 0.3) is 0 Å². The van der Waals surface area contributed by atoms with Crippen molar-refractivity contribution in [3.8, 4) is 0 Å². The number of nitro benzene ring substituents is 1. The number of carbonyl (C=O) groups excluding carboxylic acids is 1. The van der Waals surface area contributed by atoms with Gasteiger partial charge in [-0.3, -0.25) is 24.9 Å². The molecule has 1 N–H and O–H groups in total. The molecule has 1 amide bonds. The summed E-state index contributed by atoms with van der Waals surface area (Å²) in [6.07, 6.45) is 3.27. The third kappa shape index (κ3) is 4.19. The van der Waals surface area contributed by atoms with Crippen molar-refractivity contribution in [3.05, 3.63) is 57.1 Å². The summed E-state index contributed by atoms with van der Waals surface area (Å²) in [5.74, 6) is -0.618. The number of amides is 1. The van der Waals surface area contributed by atoms with Crippen molar-refractivity contribution in [2.75, 3.05) is 39.4 Å². The second-order valence-corrected chi connectivity index (χ2v) is 7.67. The van der Waals surface area contributed by atoms with Crippen LogP contribution < -0.4 is 0 Å². The molecule has 160 valence electrons. The van der Waals surface area contributed by atoms with Gasteiger partial charge in [-0.05, 0) is 25.5 Å². The van der Waals surface area contributed by atoms with Crippen LogP contribution in [0.3, 0.4) is 0 Å². The van der Waals surface area contributed by atoms with E-state index in [1.807, 2.05) is 4.90 Å². The summed E-state index contributed by atoms with van der Waals surface area (Å²) < 4.78 is 19.6. The zero-order valence-corrected chi connectivity index (χ0v) is 16.6. The zero-order chi connectivity index (χ0) is 21.1. The molecule has 4 rings (SSSR count). The summed E-state index contributed by atoms with van der Waals surface area (Å²) in [7, 11) is 0. The number of carbonyl (C=O) groups is 1. The van der Waals surface area contributed by atoms with Gasteiger partial charge in [0.15, 0.2) is 0 Å². The van der Waals surface area contributed by atoms with Gasteiger partial charge in [-0.25, -0.2) is 4.39 Å². The second kappa shape index (κ2) is 8.88. The summed E-state index contributed by atoms with van der Waals surface area (Å²) in [5, 5.41) is 18.4. The van der Waals surface area contributed by atoms with E-state index < -0.39 is 10.7 Å². The molecule has 1 aromatic carbocycles. The minimum atomic E-state index is -0.573. The number of hydrogen-bond acceptors (Lipinski definition) is 6. The number of aromatic amines is 1. The number of halogens is 1. The fourth-order valence-corrected chi connectivity index (χ4v) is 4.25. The molecule has 2 fully saturated rings. The highest BCUT2D eigenvalue weighted by molar-refractivity contribution is 5.95. The third-order valence-electron chi connectivity index (χ3n) is 5.78. The Kier molecular flexibility index (Phi) is 6.05. The van der Waals surface area contributed by atoms with Crippen LogP contribution in [0.1, 0.15) is 40.4 Å². The van der Waals surface area contributed by atoms with Gasteiger partial charge >= 0.3 is 0 Å². The SMILES string of the molecule is O=C(c1cn[nH]c1[C@H]1CCCN(Cc2c(F)cccc2[N+](=O)[O-])C1)N1CCOCC1. The molecule has 0 radical (unpaired) electrons. The van der Waals surface area contributed by atoms with Crippen LogP contribution >= 0.6 is 0 Å². The summed E-state index contributed by atoms with van der Waals surface area (Å²) >= 11 is 0. The lowest BCUT2D eigenvalue weighted by molar-refractivity contribution is -0.386. The Labute approximate surface area is 173 Å². The molecule has 1 aromatic heterocycles. The van der Waals surface area contributed by atoms with Crippen molar-refractivity contribution in [3.63, 3.8) is 0 Å². The predicted octanol–water partition coefficient (Wildman–Crippen LogP) is 2.31. The Hall–Kier alpha value is -2.85. The molecule has 9 nitrogen and oxygen atoms in total. The van der Waals surface area contributed by atoms with Crippen molar-refractivity contribution >= 4 is 11.6 Å². The van der Waals surface area contributed by atoms with E-state index in [4.69, 9.17) is 4.74 Å². The van der Waals surface area contributed by atoms with E-state index in [1.54, 1.807) is 11.1 Å². The monoisotopic (exact) mass is 417 g/mol. The zero-order valence-electron chi connectivity index (χ0n) is 16.6. The molecule has 0 bridgehead atoms. The highest BCUT2D eigenvalue weighted by atomic mass is 19.1. The van der Waals surface area contributed by atoms with E-state index in [0.717, 1.165) is 18.5 Å². The summed E-state index contributed by atoms with van der Waals surface area (Å²) in [5.41, 5.74) is 1.22. The van der Waals surface area contributed by atoms with Gasteiger partial charge in [0, 0.05) is 38.2 Å². The van der Waals surface area contributed by atoms with Gasteiger partial charge in [0.2, 0.25) is 0 Å². The van der Waals surface area contributed by atoms with Crippen molar-refractivity contribution in [2.24, 2.45) is 0 Å². The fraction of sp³-hybridized carbons (Fsp3) is 0.500. The number of likely N-dealkylation sites (tertiary alicyclic amines) is 1. The third-order valence-corrected chi connectivity index (χ3v) is 5.78. The average Bonchev–Trinajstić information content (AvgIpc) is 3.25. The van der Waals surface area contributed by atoms with Gasteiger partial charge in [0.25, 0.3) is 11.6 Å². The molecule has 2 aliphatic heterocycles. The highest BCUT2D eigenvalue weighted by Crippen LogP contribution is 2.31. The van der Waals surface area contributed by atoms with Gasteiger partial charge in [-0.1, -0.05) is 6.07 Å². The molecule has 3 heterocycles. The Balaban J connectivity index is 1.50. The van der Waals surface area contributed by atoms with Crippen LogP contribution in [-0.2, 0) is 11.3 Å². The molecule has 30 heavy (non-hydrogen) atoms. The topological polar surface area (TPSA) is 105 Å². The summed E-state index contributed by atoms with van der Waals surface area (Å²) in [4.78, 5) is 27.4. The lowest BCUT2D eigenvalue weighted by Crippen LogP contribution is -2.41. The van der Waals surface area contributed by atoms with Gasteiger partial charge in [-0.2, -0.15) is 5.10 Å². The lowest BCUT2D eigenvalue weighted by Gasteiger charge is -2.33. The first-order valence-corrected chi connectivity index (χ1v) is 10.1. The Morgan fingerprint density at radius 3 is 2.90 bits per heavy atom. The largest absolute Gasteiger partial charge is 0.378 e. The number of morpholine rings is 1. The first-order valence-electron chi connectivity index (χ1n) is 10.1. The van der Waals surface area contributed by atoms with Crippen LogP contribution in [0, 0.1) is 15.9 Å². The first kappa shape index (κ1) is 20.4. The molecule has 10 heteroatoms. The normalized spacial score (nSPS) is 20.3. The molecule has 0 saturated carbocycles. The van der Waals surface area contributed by atoms with E-state index in [1.165, 1.54) is 18.2 Å². The minimum Gasteiger partial charge on any atom is -0.378 e. The first-order chi connectivity index (χ1) is 14.5. The van der Waals surface area contributed by atoms with Crippen molar-refractivity contribution in [2.45, 2.75) is 25.3 Å². The smallest absolute Gasteiger partial charge is 0.276 e. The summed E-state index contributed by atoms with van der Waals surface area (Å²) in [6.45, 7) is 3.59. The van der Waals surface area contributed by atoms with Crippen molar-refractivity contribution < 1.29 is 18.8 Å². The van der Waals surface area contributed by atoms with E-state index in [2.05, 4.69) is 10.2 Å². The van der Waals surface area contributed by atoms with Gasteiger partial charge < -0.3 is 9.64 Å². The lowest BCUT2D eigenvalue weighted by atomic mass is 9.91. The molecule has 2 aromatic rings. The molecule has 2 saturated heterocycles. The van der Waals surface area contributed by atoms with Crippen LogP contribution in [0.4, 0.5) is 10.1 Å². The molecule has 2 aliphatic rings. The highest BCUT2D eigenvalue weighted by Gasteiger charge is 2.30. The molecule has 0 unspecified atom stereocenters. The maximum Gasteiger partial charge on any atom is 0.276 e. The van der Waals surface area contributed by atoms with Crippen LogP contribution in [0.5, 0.6) is 0 Å². The van der Waals surface area contributed by atoms with Crippen LogP contribution in [0.15, 0.2) is 24.4 Å². The Bertz CT molecular complexity index is 928. The molecule has 0 aliphatic carbocycles. The number of nitrogens with one attached hydrogen (secondary N) is 1. The number of ether oxygens (including phenoxy) is 1. The van der Waals surface area contributed by atoms with Gasteiger partial charge in [0.1, 0.15) is 5.82 Å². The number of H-pyrrole nitrogens is 1. The molecular formula is C20H24FN5O4. The number of rotatable bonds is 5. The van der Waals surface area contributed by atoms with Crippen LogP contribution in [-0.4, -0.2) is 70.2 Å². The quantitative estimate of drug-likeness (QED) is 0.591. The maximum atomic E-state index is 14.3. The number of aromatic nitrogens is 2. The number of hydrogen-bond donors (Lipinski definition) is 1. The maximum absolute atomic E-state index is 14.3. The van der Waals surface area contributed by atoms with Crippen molar-refractivity contribution in [1.82, 2.24) is 20.0 Å². The van der Waals surface area contributed by atoms with Gasteiger partial charge in [-0.15, -0.1) is 0 Å². The van der Waals surface area contributed by atoms with E-state index in [-0.39, 0.29) is 29.6 Å². The fourth-order valence-electron chi connectivity index (χ4n) is 4.25. The predicted molar refractivity (Wildman–Crippen MR) is 106 cm³/mol. The molecule has 1 atom stereocenters. The number of benzene rings is 1. The van der Waals surface area contributed by atoms with E-state index in [0.29, 0.717) is 45.0 Å². The minimum absolute atomic E-state index is 0.0204. The molecule has 0 spiro atoms. The average molecular weight is 417 g/mol. The standard InChI is InChI=1S/C20H24FN5O4/c21-17-4-1-5-18(26(28)29)16(17)13-24-6-2-3-14(12-24)19-15(11-22-23-19)20(27)25-7-9-30-10-8-25/h1,4-5,11,14H,2-3,6-10,12-13H2,(H,22,23)/t14-/m0/s1. The van der Waals surface area contributed by atoms with E-state index >= 15 is 0 Å².